The van der Waals surface area contributed by atoms with Gasteiger partial charge in [0.2, 0.25) is 11.8 Å². The summed E-state index contributed by atoms with van der Waals surface area (Å²) in [5.74, 6) is 1.58. The highest BCUT2D eigenvalue weighted by Gasteiger charge is 2.26. The number of piperazine rings is 1. The molecule has 31 heavy (non-hydrogen) atoms. The van der Waals surface area contributed by atoms with Gasteiger partial charge in [-0.3, -0.25) is 14.4 Å². The first-order valence-electron chi connectivity index (χ1n) is 10.3. The van der Waals surface area contributed by atoms with Crippen LogP contribution in [0.15, 0.2) is 18.2 Å². The average Bonchev–Trinajstić information content (AvgIpc) is 2.83. The van der Waals surface area contributed by atoms with E-state index in [-0.39, 0.29) is 23.5 Å². The van der Waals surface area contributed by atoms with E-state index in [0.29, 0.717) is 75.3 Å². The Morgan fingerprint density at radius 2 is 1.39 bits per heavy atom. The van der Waals surface area contributed by atoms with E-state index in [1.54, 1.807) is 40.0 Å². The fourth-order valence-corrected chi connectivity index (χ4v) is 4.35. The topological polar surface area (TPSA) is 88.6 Å². The molecule has 2 heterocycles. The summed E-state index contributed by atoms with van der Waals surface area (Å²) in [6.45, 7) is 4.27. The lowest BCUT2D eigenvalue weighted by Crippen LogP contribution is -2.51. The molecule has 0 unspecified atom stereocenters. The summed E-state index contributed by atoms with van der Waals surface area (Å²) in [5.41, 5.74) is 0.523. The van der Waals surface area contributed by atoms with Crippen molar-refractivity contribution in [1.82, 2.24) is 14.7 Å². The van der Waals surface area contributed by atoms with Gasteiger partial charge < -0.3 is 28.9 Å². The standard InChI is InChI=1S/C21H29N3O6S/c1-28-17-4-3-16(13-18(17)29-2)21(27)24-7-5-22(6-8-24)19(25)14-31-15-20(26)23-9-11-30-12-10-23/h3-4,13H,5-12,14-15H2,1-2H3. The van der Waals surface area contributed by atoms with E-state index < -0.39 is 0 Å². The number of benzene rings is 1. The normalized spacial score (nSPS) is 16.8. The van der Waals surface area contributed by atoms with Gasteiger partial charge in [-0.25, -0.2) is 0 Å². The van der Waals surface area contributed by atoms with Crippen molar-refractivity contribution in [3.8, 4) is 11.5 Å². The molecule has 0 atom stereocenters. The third-order valence-electron chi connectivity index (χ3n) is 5.36. The van der Waals surface area contributed by atoms with Gasteiger partial charge in [0.1, 0.15) is 0 Å². The van der Waals surface area contributed by atoms with E-state index >= 15 is 0 Å². The second-order valence-corrected chi connectivity index (χ2v) is 8.21. The highest BCUT2D eigenvalue weighted by Crippen LogP contribution is 2.28. The van der Waals surface area contributed by atoms with Crippen molar-refractivity contribution >= 4 is 29.5 Å². The Morgan fingerprint density at radius 3 is 1.97 bits per heavy atom. The molecule has 0 saturated carbocycles. The van der Waals surface area contributed by atoms with E-state index in [4.69, 9.17) is 14.2 Å². The third-order valence-corrected chi connectivity index (χ3v) is 6.27. The van der Waals surface area contributed by atoms with Crippen LogP contribution in [0.2, 0.25) is 0 Å². The molecular formula is C21H29N3O6S. The molecule has 0 spiro atoms. The Morgan fingerprint density at radius 1 is 0.839 bits per heavy atom. The molecule has 0 aliphatic carbocycles. The van der Waals surface area contributed by atoms with Crippen molar-refractivity contribution in [2.75, 3.05) is 78.2 Å². The van der Waals surface area contributed by atoms with Crippen molar-refractivity contribution in [1.29, 1.82) is 0 Å². The van der Waals surface area contributed by atoms with Crippen molar-refractivity contribution in [2.45, 2.75) is 0 Å². The maximum atomic E-state index is 12.8. The van der Waals surface area contributed by atoms with E-state index in [0.717, 1.165) is 0 Å². The van der Waals surface area contributed by atoms with E-state index in [2.05, 4.69) is 0 Å². The molecule has 9 nitrogen and oxygen atoms in total. The zero-order valence-corrected chi connectivity index (χ0v) is 18.8. The number of rotatable bonds is 7. The largest absolute Gasteiger partial charge is 0.493 e. The van der Waals surface area contributed by atoms with Crippen LogP contribution in [0.1, 0.15) is 10.4 Å². The number of nitrogens with zero attached hydrogens (tertiary/aromatic N) is 3. The van der Waals surface area contributed by atoms with Gasteiger partial charge in [-0.15, -0.1) is 11.8 Å². The lowest BCUT2D eigenvalue weighted by atomic mass is 10.1. The number of hydrogen-bond donors (Lipinski definition) is 0. The first kappa shape index (κ1) is 23.2. The summed E-state index contributed by atoms with van der Waals surface area (Å²) >= 11 is 1.34. The molecule has 0 aromatic heterocycles. The predicted octanol–water partition coefficient (Wildman–Crippen LogP) is 0.580. The zero-order valence-electron chi connectivity index (χ0n) is 18.0. The first-order valence-corrected chi connectivity index (χ1v) is 11.4. The summed E-state index contributed by atoms with van der Waals surface area (Å²) in [7, 11) is 3.08. The minimum atomic E-state index is -0.0986. The van der Waals surface area contributed by atoms with Crippen LogP contribution in [0, 0.1) is 0 Å². The highest BCUT2D eigenvalue weighted by atomic mass is 32.2. The molecule has 0 N–H and O–H groups in total. The second kappa shape index (κ2) is 11.2. The molecule has 2 aliphatic heterocycles. The highest BCUT2D eigenvalue weighted by molar-refractivity contribution is 8.00. The molecule has 2 saturated heterocycles. The lowest BCUT2D eigenvalue weighted by molar-refractivity contribution is -0.132. The molecular weight excluding hydrogens is 422 g/mol. The monoisotopic (exact) mass is 451 g/mol. The number of morpholine rings is 1. The van der Waals surface area contributed by atoms with Crippen LogP contribution >= 0.6 is 11.8 Å². The molecule has 0 bridgehead atoms. The summed E-state index contributed by atoms with van der Waals surface area (Å²) in [5, 5.41) is 0. The quantitative estimate of drug-likeness (QED) is 0.599. The molecule has 3 amide bonds. The van der Waals surface area contributed by atoms with Crippen molar-refractivity contribution < 1.29 is 28.6 Å². The van der Waals surface area contributed by atoms with E-state index in [1.807, 2.05) is 0 Å². The Bertz CT molecular complexity index is 791. The molecule has 3 rings (SSSR count). The molecule has 0 radical (unpaired) electrons. The fourth-order valence-electron chi connectivity index (χ4n) is 3.53. The van der Waals surface area contributed by atoms with Gasteiger partial charge in [0.05, 0.1) is 38.9 Å². The number of carbonyl (C=O) groups excluding carboxylic acids is 3. The van der Waals surface area contributed by atoms with Crippen LogP contribution in [-0.4, -0.2) is 111 Å². The third kappa shape index (κ3) is 6.04. The minimum Gasteiger partial charge on any atom is -0.493 e. The van der Waals surface area contributed by atoms with Crippen LogP contribution in [0.4, 0.5) is 0 Å². The van der Waals surface area contributed by atoms with E-state index in [1.165, 1.54) is 18.9 Å². The van der Waals surface area contributed by atoms with Crippen LogP contribution in [0.5, 0.6) is 11.5 Å². The Balaban J connectivity index is 1.43. The Hall–Kier alpha value is -2.46. The minimum absolute atomic E-state index is 0.00186. The average molecular weight is 452 g/mol. The smallest absolute Gasteiger partial charge is 0.254 e. The predicted molar refractivity (Wildman–Crippen MR) is 117 cm³/mol. The number of amides is 3. The van der Waals surface area contributed by atoms with Gasteiger partial charge in [-0.05, 0) is 18.2 Å². The van der Waals surface area contributed by atoms with Crippen LogP contribution in [-0.2, 0) is 14.3 Å². The lowest BCUT2D eigenvalue weighted by Gasteiger charge is -2.35. The van der Waals surface area contributed by atoms with Gasteiger partial charge >= 0.3 is 0 Å². The zero-order chi connectivity index (χ0) is 22.2. The number of thioether (sulfide) groups is 1. The van der Waals surface area contributed by atoms with Gasteiger partial charge in [0.25, 0.3) is 5.91 Å². The second-order valence-electron chi connectivity index (χ2n) is 7.23. The summed E-state index contributed by atoms with van der Waals surface area (Å²) in [6, 6.07) is 5.09. The summed E-state index contributed by atoms with van der Waals surface area (Å²) in [4.78, 5) is 42.7. The van der Waals surface area contributed by atoms with Crippen molar-refractivity contribution in [3.63, 3.8) is 0 Å². The number of methoxy groups -OCH3 is 2. The maximum Gasteiger partial charge on any atom is 0.254 e. The molecule has 2 fully saturated rings. The van der Waals surface area contributed by atoms with Crippen molar-refractivity contribution in [2.24, 2.45) is 0 Å². The van der Waals surface area contributed by atoms with Gasteiger partial charge in [0.15, 0.2) is 11.5 Å². The number of hydrogen-bond acceptors (Lipinski definition) is 7. The van der Waals surface area contributed by atoms with Gasteiger partial charge in [0, 0.05) is 44.8 Å². The van der Waals surface area contributed by atoms with E-state index in [9.17, 15) is 14.4 Å². The van der Waals surface area contributed by atoms with Crippen LogP contribution < -0.4 is 9.47 Å². The number of ether oxygens (including phenoxy) is 3. The van der Waals surface area contributed by atoms with Crippen LogP contribution in [0.25, 0.3) is 0 Å². The summed E-state index contributed by atoms with van der Waals surface area (Å²) < 4.78 is 15.7. The molecule has 170 valence electrons. The van der Waals surface area contributed by atoms with Gasteiger partial charge in [-0.2, -0.15) is 0 Å². The fraction of sp³-hybridized carbons (Fsp3) is 0.571. The molecule has 2 aliphatic rings. The number of carbonyl (C=O) groups is 3. The summed E-state index contributed by atoms with van der Waals surface area (Å²) in [6.07, 6.45) is 0. The van der Waals surface area contributed by atoms with Gasteiger partial charge in [-0.1, -0.05) is 0 Å². The Kier molecular flexibility index (Phi) is 8.42. The molecule has 1 aromatic rings. The maximum absolute atomic E-state index is 12.8. The van der Waals surface area contributed by atoms with Crippen molar-refractivity contribution in [3.05, 3.63) is 23.8 Å². The SMILES string of the molecule is COc1ccc(C(=O)N2CCN(C(=O)CSCC(=O)N3CCOCC3)CC2)cc1OC. The first-order chi connectivity index (χ1) is 15.0. The molecule has 10 heteroatoms. The molecule has 1 aromatic carbocycles. The Labute approximate surface area is 186 Å². The van der Waals surface area contributed by atoms with Crippen LogP contribution in [0.3, 0.4) is 0 Å².